The molecule has 1 saturated heterocycles. The molecule has 1 aliphatic rings. The lowest BCUT2D eigenvalue weighted by Crippen LogP contribution is -2.19. The molecule has 27 heavy (non-hydrogen) atoms. The normalized spacial score (nSPS) is 17.9. The average molecular weight is 393 g/mol. The number of aromatic nitrogens is 5. The van der Waals surface area contributed by atoms with Crippen LogP contribution in [0.2, 0.25) is 0 Å². The highest BCUT2D eigenvalue weighted by atomic mass is 32.2. The van der Waals surface area contributed by atoms with E-state index in [0.717, 1.165) is 19.4 Å². The third-order valence-electron chi connectivity index (χ3n) is 4.62. The summed E-state index contributed by atoms with van der Waals surface area (Å²) in [6, 6.07) is 0. The van der Waals surface area contributed by atoms with Gasteiger partial charge in [-0.05, 0) is 49.6 Å². The average Bonchev–Trinajstić information content (AvgIpc) is 3.37. The van der Waals surface area contributed by atoms with Crippen molar-refractivity contribution in [3.05, 3.63) is 22.5 Å². The van der Waals surface area contributed by atoms with Gasteiger partial charge >= 0.3 is 5.97 Å². The van der Waals surface area contributed by atoms with Crippen molar-refractivity contribution in [1.82, 2.24) is 25.2 Å². The summed E-state index contributed by atoms with van der Waals surface area (Å²) in [5.41, 5.74) is 2.02. The van der Waals surface area contributed by atoms with Gasteiger partial charge in [-0.2, -0.15) is 0 Å². The largest absolute Gasteiger partial charge is 0.465 e. The maximum Gasteiger partial charge on any atom is 0.339 e. The molecular weight excluding hydrogens is 370 g/mol. The van der Waals surface area contributed by atoms with Gasteiger partial charge < -0.3 is 14.5 Å². The fourth-order valence-corrected chi connectivity index (χ4v) is 4.05. The molecule has 2 aromatic heterocycles. The highest BCUT2D eigenvalue weighted by Gasteiger charge is 2.27. The Bertz CT molecular complexity index is 840. The Morgan fingerprint density at radius 3 is 2.89 bits per heavy atom. The zero-order valence-corrected chi connectivity index (χ0v) is 16.6. The van der Waals surface area contributed by atoms with Crippen molar-refractivity contribution in [3.8, 4) is 0 Å². The molecule has 0 bridgehead atoms. The molecule has 9 nitrogen and oxygen atoms in total. The minimum atomic E-state index is -0.457. The first kappa shape index (κ1) is 19.6. The Labute approximate surface area is 161 Å². The third kappa shape index (κ3) is 4.06. The molecule has 1 N–H and O–H groups in total. The molecule has 0 saturated carbocycles. The van der Waals surface area contributed by atoms with Crippen molar-refractivity contribution in [1.29, 1.82) is 0 Å². The highest BCUT2D eigenvalue weighted by molar-refractivity contribution is 8.00. The molecule has 0 aliphatic carbocycles. The van der Waals surface area contributed by atoms with Gasteiger partial charge in [0.05, 0.1) is 36.3 Å². The summed E-state index contributed by atoms with van der Waals surface area (Å²) in [6.45, 7) is 6.62. The monoisotopic (exact) mass is 393 g/mol. The van der Waals surface area contributed by atoms with E-state index in [-0.39, 0.29) is 11.9 Å². The fourth-order valence-electron chi connectivity index (χ4n) is 3.20. The quantitative estimate of drug-likeness (QED) is 0.431. The number of Topliss-reactive ketones (excluding diaryl/α,β-unsaturated/α-hetero) is 1. The topological polar surface area (TPSA) is 112 Å². The molecule has 0 aromatic carbocycles. The first-order valence-corrected chi connectivity index (χ1v) is 9.66. The number of rotatable bonds is 7. The van der Waals surface area contributed by atoms with Crippen LogP contribution < -0.4 is 0 Å². The number of nitrogens with zero attached hydrogens (tertiary/aromatic N) is 4. The van der Waals surface area contributed by atoms with Gasteiger partial charge in [0.1, 0.15) is 0 Å². The van der Waals surface area contributed by atoms with Gasteiger partial charge in [-0.25, -0.2) is 9.48 Å². The van der Waals surface area contributed by atoms with E-state index in [1.54, 1.807) is 25.5 Å². The summed E-state index contributed by atoms with van der Waals surface area (Å²) in [4.78, 5) is 27.9. The summed E-state index contributed by atoms with van der Waals surface area (Å²) >= 11 is 1.29. The third-order valence-corrected chi connectivity index (χ3v) is 5.70. The SMILES string of the molecule is COC(=O)c1c(C)[nH]c(C(=O)C(C)Sc2nnnn2CC2CCCO2)c1C. The van der Waals surface area contributed by atoms with Crippen LogP contribution in [0.3, 0.4) is 0 Å². The Morgan fingerprint density at radius 1 is 1.44 bits per heavy atom. The van der Waals surface area contributed by atoms with Crippen LogP contribution in [-0.4, -0.2) is 62.0 Å². The Balaban J connectivity index is 1.74. The maximum absolute atomic E-state index is 12.9. The predicted molar refractivity (Wildman–Crippen MR) is 98.0 cm³/mol. The number of carbonyl (C=O) groups is 2. The van der Waals surface area contributed by atoms with Crippen LogP contribution in [-0.2, 0) is 16.0 Å². The Hall–Kier alpha value is -2.20. The number of thioether (sulfide) groups is 1. The van der Waals surface area contributed by atoms with Gasteiger partial charge in [0, 0.05) is 12.3 Å². The van der Waals surface area contributed by atoms with Crippen molar-refractivity contribution in [2.45, 2.75) is 56.7 Å². The highest BCUT2D eigenvalue weighted by Crippen LogP contribution is 2.27. The van der Waals surface area contributed by atoms with E-state index in [9.17, 15) is 9.59 Å². The first-order chi connectivity index (χ1) is 12.9. The lowest BCUT2D eigenvalue weighted by atomic mass is 10.1. The molecule has 1 fully saturated rings. The number of nitrogens with one attached hydrogen (secondary N) is 1. The van der Waals surface area contributed by atoms with Crippen molar-refractivity contribution in [2.75, 3.05) is 13.7 Å². The molecule has 10 heteroatoms. The number of esters is 1. The second-order valence-corrected chi connectivity index (χ2v) is 7.83. The van der Waals surface area contributed by atoms with Crippen molar-refractivity contribution in [2.24, 2.45) is 0 Å². The number of hydrogen-bond donors (Lipinski definition) is 1. The molecule has 0 spiro atoms. The molecule has 3 heterocycles. The molecular formula is C17H23N5O4S. The van der Waals surface area contributed by atoms with E-state index in [4.69, 9.17) is 9.47 Å². The number of ether oxygens (including phenoxy) is 2. The summed E-state index contributed by atoms with van der Waals surface area (Å²) in [6.07, 6.45) is 2.13. The lowest BCUT2D eigenvalue weighted by molar-refractivity contribution is 0.0599. The Morgan fingerprint density at radius 2 is 2.22 bits per heavy atom. The van der Waals surface area contributed by atoms with Crippen LogP contribution in [0.25, 0.3) is 0 Å². The van der Waals surface area contributed by atoms with Gasteiger partial charge in [0.2, 0.25) is 5.16 Å². The van der Waals surface area contributed by atoms with E-state index < -0.39 is 11.2 Å². The van der Waals surface area contributed by atoms with E-state index in [2.05, 4.69) is 20.5 Å². The van der Waals surface area contributed by atoms with Crippen LogP contribution in [0.5, 0.6) is 0 Å². The maximum atomic E-state index is 12.9. The molecule has 1 aliphatic heterocycles. The number of hydrogen-bond acceptors (Lipinski definition) is 8. The van der Waals surface area contributed by atoms with Crippen LogP contribution >= 0.6 is 11.8 Å². The molecule has 146 valence electrons. The van der Waals surface area contributed by atoms with Crippen LogP contribution in [0.4, 0.5) is 0 Å². The number of methoxy groups -OCH3 is 1. The number of H-pyrrole nitrogens is 1. The summed E-state index contributed by atoms with van der Waals surface area (Å²) in [5.74, 6) is -0.580. The molecule has 2 aromatic rings. The smallest absolute Gasteiger partial charge is 0.339 e. The summed E-state index contributed by atoms with van der Waals surface area (Å²) < 4.78 is 12.1. The predicted octanol–water partition coefficient (Wildman–Crippen LogP) is 1.95. The van der Waals surface area contributed by atoms with Crippen molar-refractivity contribution in [3.63, 3.8) is 0 Å². The molecule has 3 rings (SSSR count). The number of carbonyl (C=O) groups excluding carboxylic acids is 2. The van der Waals surface area contributed by atoms with Crippen LogP contribution in [0.1, 0.15) is 51.9 Å². The van der Waals surface area contributed by atoms with Gasteiger partial charge in [0.25, 0.3) is 0 Å². The number of tetrazole rings is 1. The van der Waals surface area contributed by atoms with Gasteiger partial charge in [0.15, 0.2) is 5.78 Å². The van der Waals surface area contributed by atoms with E-state index in [0.29, 0.717) is 34.2 Å². The standard InChI is InChI=1S/C17H23N5O4S/c1-9-13(16(24)25-4)10(2)18-14(9)15(23)11(3)27-17-19-20-21-22(17)8-12-6-5-7-26-12/h11-12,18H,5-8H2,1-4H3. The molecule has 2 atom stereocenters. The van der Waals surface area contributed by atoms with Gasteiger partial charge in [-0.3, -0.25) is 4.79 Å². The zero-order valence-electron chi connectivity index (χ0n) is 15.8. The van der Waals surface area contributed by atoms with E-state index in [1.807, 2.05) is 0 Å². The number of ketones is 1. The summed E-state index contributed by atoms with van der Waals surface area (Å²) in [5, 5.41) is 11.9. The minimum Gasteiger partial charge on any atom is -0.465 e. The number of aromatic amines is 1. The molecule has 0 radical (unpaired) electrons. The van der Waals surface area contributed by atoms with Gasteiger partial charge in [-0.15, -0.1) is 5.10 Å². The van der Waals surface area contributed by atoms with E-state index >= 15 is 0 Å². The van der Waals surface area contributed by atoms with Crippen molar-refractivity contribution < 1.29 is 19.1 Å². The summed E-state index contributed by atoms with van der Waals surface area (Å²) in [7, 11) is 1.32. The van der Waals surface area contributed by atoms with Gasteiger partial charge in [-0.1, -0.05) is 11.8 Å². The molecule has 0 amide bonds. The van der Waals surface area contributed by atoms with E-state index in [1.165, 1.54) is 18.9 Å². The Kier molecular flexibility index (Phi) is 5.95. The first-order valence-electron chi connectivity index (χ1n) is 8.78. The second kappa shape index (κ2) is 8.22. The van der Waals surface area contributed by atoms with Crippen LogP contribution in [0, 0.1) is 13.8 Å². The number of aryl methyl sites for hydroxylation is 1. The van der Waals surface area contributed by atoms with Crippen molar-refractivity contribution >= 4 is 23.5 Å². The lowest BCUT2D eigenvalue weighted by Gasteiger charge is -2.12. The second-order valence-electron chi connectivity index (χ2n) is 6.52. The minimum absolute atomic E-state index is 0.106. The molecule has 2 unspecified atom stereocenters. The fraction of sp³-hybridized carbons (Fsp3) is 0.588. The van der Waals surface area contributed by atoms with Crippen LogP contribution in [0.15, 0.2) is 5.16 Å². The zero-order chi connectivity index (χ0) is 19.6.